The van der Waals surface area contributed by atoms with Gasteiger partial charge in [-0.15, -0.1) is 29.5 Å². The predicted octanol–water partition coefficient (Wildman–Crippen LogP) is 13.2. The molecule has 8 heteroatoms. The second kappa shape index (κ2) is 13.8. The van der Waals surface area contributed by atoms with Gasteiger partial charge in [-0.25, -0.2) is 4.98 Å². The van der Waals surface area contributed by atoms with Gasteiger partial charge in [-0.3, -0.25) is 4.57 Å². The molecule has 5 heterocycles. The maximum absolute atomic E-state index is 6.94. The molecule has 0 bridgehead atoms. The van der Waals surface area contributed by atoms with Crippen molar-refractivity contribution in [2.45, 2.75) is 26.2 Å². The summed E-state index contributed by atoms with van der Waals surface area (Å²) >= 11 is 1.82. The van der Waals surface area contributed by atoms with Crippen molar-refractivity contribution in [3.63, 3.8) is 0 Å². The van der Waals surface area contributed by atoms with Crippen molar-refractivity contribution in [3.8, 4) is 28.7 Å². The third-order valence-corrected chi connectivity index (χ3v) is 12.5. The summed E-state index contributed by atoms with van der Waals surface area (Å²) in [6, 6.07) is 57.7. The Labute approximate surface area is 363 Å². The number of imidazole rings is 1. The van der Waals surface area contributed by atoms with Gasteiger partial charge in [-0.05, 0) is 92.1 Å². The first-order chi connectivity index (χ1) is 28.9. The average molecular weight is 974 g/mol. The van der Waals surface area contributed by atoms with Gasteiger partial charge in [0.25, 0.3) is 6.33 Å². The molecule has 12 aromatic rings. The second-order valence-corrected chi connectivity index (χ2v) is 17.1. The number of hydrogen-bond acceptors (Lipinski definition) is 4. The Kier molecular flexibility index (Phi) is 8.39. The van der Waals surface area contributed by atoms with Gasteiger partial charge in [0.15, 0.2) is 0 Å². The first-order valence-electron chi connectivity index (χ1n) is 19.7. The summed E-state index contributed by atoms with van der Waals surface area (Å²) in [6.45, 7) is 6.66. The molecule has 0 radical (unpaired) electrons. The third-order valence-electron chi connectivity index (χ3n) is 11.4. The van der Waals surface area contributed by atoms with Gasteiger partial charge in [0, 0.05) is 59.3 Å². The van der Waals surface area contributed by atoms with E-state index in [1.807, 2.05) is 53.9 Å². The fourth-order valence-electron chi connectivity index (χ4n) is 8.55. The molecule has 0 aliphatic carbocycles. The minimum Gasteiger partial charge on any atom is -0.509 e. The Morgan fingerprint density at radius 2 is 1.43 bits per heavy atom. The molecule has 5 aromatic heterocycles. The van der Waals surface area contributed by atoms with Crippen LogP contribution in [0, 0.1) is 18.5 Å². The minimum atomic E-state index is -0.0600. The monoisotopic (exact) mass is 973 g/mol. The van der Waals surface area contributed by atoms with Crippen molar-refractivity contribution in [2.24, 2.45) is 0 Å². The van der Waals surface area contributed by atoms with E-state index in [-0.39, 0.29) is 26.5 Å². The standard InChI is InChI=1S/C52H34N4O2S.Pt/c1-52(2,3)32-25-26-53-48(27-32)56-40-18-7-4-16-37(40)49-43(56)30-45(50-38-17-5-10-21-44(38)58-51(49)50)57-35-14-12-13-33(28-35)54-31-55(42-20-9-8-19-41(42)54)34-23-24-47-39(29-34)36-15-6-11-22-46(36)59-47;/h4-27,29H,1-3H3;/q-2;. The second-order valence-electron chi connectivity index (χ2n) is 16.0. The van der Waals surface area contributed by atoms with Crippen molar-refractivity contribution < 1.29 is 34.8 Å². The van der Waals surface area contributed by atoms with Crippen LogP contribution in [0.5, 0.6) is 11.5 Å². The zero-order valence-electron chi connectivity index (χ0n) is 32.8. The van der Waals surface area contributed by atoms with E-state index in [1.54, 1.807) is 0 Å². The molecule has 0 aliphatic rings. The molecule has 0 unspecified atom stereocenters. The number of thiophene rings is 1. The van der Waals surface area contributed by atoms with Crippen LogP contribution in [-0.4, -0.2) is 14.1 Å². The van der Waals surface area contributed by atoms with Crippen molar-refractivity contribution in [1.29, 1.82) is 0 Å². The van der Waals surface area contributed by atoms with Crippen LogP contribution in [0.3, 0.4) is 0 Å². The van der Waals surface area contributed by atoms with E-state index >= 15 is 0 Å². The number of fused-ring (bicyclic) bond motifs is 11. The van der Waals surface area contributed by atoms with Gasteiger partial charge >= 0.3 is 0 Å². The molecule has 0 aliphatic heterocycles. The maximum atomic E-state index is 6.94. The zero-order valence-corrected chi connectivity index (χ0v) is 35.9. The van der Waals surface area contributed by atoms with Crippen molar-refractivity contribution in [2.75, 3.05) is 0 Å². The molecule has 292 valence electrons. The summed E-state index contributed by atoms with van der Waals surface area (Å²) in [4.78, 5) is 4.91. The quantitative estimate of drug-likeness (QED) is 0.128. The van der Waals surface area contributed by atoms with E-state index in [2.05, 4.69) is 162 Å². The molecule has 12 rings (SSSR count). The molecule has 0 spiro atoms. The van der Waals surface area contributed by atoms with Crippen LogP contribution in [0.1, 0.15) is 26.3 Å². The normalized spacial score (nSPS) is 12.1. The van der Waals surface area contributed by atoms with Gasteiger partial charge in [0.2, 0.25) is 0 Å². The molecular formula is C52H34N4O2PtS-2. The molecule has 0 saturated carbocycles. The summed E-state index contributed by atoms with van der Waals surface area (Å²) in [5, 5.41) is 6.34. The van der Waals surface area contributed by atoms with Crippen molar-refractivity contribution >= 4 is 86.3 Å². The van der Waals surface area contributed by atoms with Gasteiger partial charge in [0.05, 0.1) is 16.7 Å². The molecule has 0 fully saturated rings. The number of benzene rings is 7. The van der Waals surface area contributed by atoms with Crippen LogP contribution in [0.4, 0.5) is 0 Å². The summed E-state index contributed by atoms with van der Waals surface area (Å²) in [6.07, 6.45) is 5.56. The van der Waals surface area contributed by atoms with E-state index < -0.39 is 0 Å². The van der Waals surface area contributed by atoms with E-state index in [0.717, 1.165) is 72.0 Å². The molecule has 60 heavy (non-hydrogen) atoms. The molecule has 0 amide bonds. The Morgan fingerprint density at radius 3 is 2.30 bits per heavy atom. The van der Waals surface area contributed by atoms with Gasteiger partial charge in [-0.2, -0.15) is 12.1 Å². The Balaban J connectivity index is 0.00000408. The number of para-hydroxylation sites is 4. The van der Waals surface area contributed by atoms with Gasteiger partial charge < -0.3 is 18.3 Å². The number of ether oxygens (including phenoxy) is 1. The SMILES string of the molecule is CC(C)(C)c1ccnc(-n2c3[c-]c(Oc4[c-]c(-n5[c-][n+](-c6ccc7sc8ccccc8c7c6)c6ccccc65)ccc4)c4c5ccccc5oc4c3c3ccccc32)c1.[Pt]. The maximum Gasteiger partial charge on any atom is 0.268 e. The topological polar surface area (TPSA) is 49.0 Å². The van der Waals surface area contributed by atoms with Crippen molar-refractivity contribution in [1.82, 2.24) is 14.1 Å². The van der Waals surface area contributed by atoms with Crippen LogP contribution >= 0.6 is 11.3 Å². The van der Waals surface area contributed by atoms with E-state index in [1.165, 1.54) is 25.7 Å². The number of nitrogens with zero attached hydrogens (tertiary/aromatic N) is 4. The van der Waals surface area contributed by atoms with Crippen LogP contribution < -0.4 is 9.30 Å². The van der Waals surface area contributed by atoms with Crippen LogP contribution in [-0.2, 0) is 26.5 Å². The van der Waals surface area contributed by atoms with Crippen LogP contribution in [0.2, 0.25) is 0 Å². The summed E-state index contributed by atoms with van der Waals surface area (Å²) in [7, 11) is 0. The fourth-order valence-corrected chi connectivity index (χ4v) is 9.63. The first-order valence-corrected chi connectivity index (χ1v) is 20.5. The Bertz CT molecular complexity index is 3660. The summed E-state index contributed by atoms with van der Waals surface area (Å²) in [5.74, 6) is 1.91. The fraction of sp³-hybridized carbons (Fsp3) is 0.0769. The molecule has 0 N–H and O–H groups in total. The zero-order chi connectivity index (χ0) is 39.4. The molecule has 7 aromatic carbocycles. The number of hydrogen-bond donors (Lipinski definition) is 0. The summed E-state index contributed by atoms with van der Waals surface area (Å²) in [5.41, 5.74) is 8.37. The molecular weight excluding hydrogens is 940 g/mol. The number of rotatable bonds is 5. The smallest absolute Gasteiger partial charge is 0.268 e. The Morgan fingerprint density at radius 1 is 0.683 bits per heavy atom. The molecule has 6 nitrogen and oxygen atoms in total. The van der Waals surface area contributed by atoms with Gasteiger partial charge in [0.1, 0.15) is 11.4 Å². The largest absolute Gasteiger partial charge is 0.509 e. The van der Waals surface area contributed by atoms with Crippen molar-refractivity contribution in [3.05, 3.63) is 176 Å². The average Bonchev–Trinajstić information content (AvgIpc) is 4.02. The van der Waals surface area contributed by atoms with Crippen LogP contribution in [0.15, 0.2) is 156 Å². The number of aromatic nitrogens is 4. The third kappa shape index (κ3) is 5.64. The predicted molar refractivity (Wildman–Crippen MR) is 239 cm³/mol. The minimum absolute atomic E-state index is 0. The molecule has 0 atom stereocenters. The van der Waals surface area contributed by atoms with E-state index in [9.17, 15) is 0 Å². The van der Waals surface area contributed by atoms with Gasteiger partial charge in [-0.1, -0.05) is 111 Å². The summed E-state index contributed by atoms with van der Waals surface area (Å²) < 4.78 is 22.6. The van der Waals surface area contributed by atoms with E-state index in [0.29, 0.717) is 11.5 Å². The first kappa shape index (κ1) is 36.5. The van der Waals surface area contributed by atoms with E-state index in [4.69, 9.17) is 14.1 Å². The molecule has 0 saturated heterocycles. The number of furan rings is 1. The Hall–Kier alpha value is -6.53. The van der Waals surface area contributed by atoms with Crippen LogP contribution in [0.25, 0.3) is 92.1 Å². The number of pyridine rings is 1.